The Hall–Kier alpha value is -2.27. The number of hydrogen-bond acceptors (Lipinski definition) is 7. The van der Waals surface area contributed by atoms with Gasteiger partial charge in [-0.15, -0.1) is 0 Å². The maximum Gasteiger partial charge on any atom is 0.433 e. The van der Waals surface area contributed by atoms with E-state index in [1.54, 1.807) is 21.9 Å². The summed E-state index contributed by atoms with van der Waals surface area (Å²) in [6, 6.07) is 4.23. The highest BCUT2D eigenvalue weighted by Gasteiger charge is 2.34. The molecule has 11 heteroatoms. The van der Waals surface area contributed by atoms with Gasteiger partial charge in [0.25, 0.3) is 5.91 Å². The van der Waals surface area contributed by atoms with Gasteiger partial charge in [-0.2, -0.15) is 13.2 Å². The second-order valence-corrected chi connectivity index (χ2v) is 8.16. The molecule has 0 unspecified atom stereocenters. The van der Waals surface area contributed by atoms with Crippen LogP contribution >= 0.6 is 11.8 Å². The van der Waals surface area contributed by atoms with Gasteiger partial charge in [0.2, 0.25) is 0 Å². The maximum atomic E-state index is 13.3. The van der Waals surface area contributed by atoms with Crippen molar-refractivity contribution < 1.29 is 22.4 Å². The molecule has 1 saturated heterocycles. The fraction of sp³-hybridized carbons (Fsp3) is 0.550. The molecule has 0 N–H and O–H groups in total. The molecule has 2 aromatic heterocycles. The molecule has 0 bridgehead atoms. The maximum absolute atomic E-state index is 13.3. The summed E-state index contributed by atoms with van der Waals surface area (Å²) in [5.74, 6) is 0.986. The summed E-state index contributed by atoms with van der Waals surface area (Å²) in [5.41, 5.74) is -0.975. The first-order valence-corrected chi connectivity index (χ1v) is 11.1. The molecular formula is C20H26F3N5O2S. The molecule has 0 radical (unpaired) electrons. The number of thioether (sulfide) groups is 1. The predicted octanol–water partition coefficient (Wildman–Crippen LogP) is 3.61. The lowest BCUT2D eigenvalue weighted by molar-refractivity contribution is -0.141. The van der Waals surface area contributed by atoms with Crippen LogP contribution in [0.3, 0.4) is 0 Å². The molecule has 170 valence electrons. The summed E-state index contributed by atoms with van der Waals surface area (Å²) in [6.45, 7) is 7.64. The Kier molecular flexibility index (Phi) is 7.47. The SMILES string of the molecule is CCN(CC)c1cc(C(F)(F)F)nc(SCc2ccc(C(=O)N3CCN(C)CC3)o2)n1. The number of rotatable bonds is 7. The van der Waals surface area contributed by atoms with Gasteiger partial charge in [-0.1, -0.05) is 11.8 Å². The molecule has 1 aliphatic heterocycles. The lowest BCUT2D eigenvalue weighted by Crippen LogP contribution is -2.47. The van der Waals surface area contributed by atoms with E-state index in [1.165, 1.54) is 0 Å². The summed E-state index contributed by atoms with van der Waals surface area (Å²) in [5, 5.41) is 0.0140. The fourth-order valence-electron chi connectivity index (χ4n) is 3.20. The molecule has 3 rings (SSSR count). The van der Waals surface area contributed by atoms with E-state index in [9.17, 15) is 18.0 Å². The summed E-state index contributed by atoms with van der Waals surface area (Å²) < 4.78 is 45.5. The van der Waals surface area contributed by atoms with Gasteiger partial charge in [0, 0.05) is 45.3 Å². The second-order valence-electron chi connectivity index (χ2n) is 7.21. The van der Waals surface area contributed by atoms with Crippen molar-refractivity contribution in [2.24, 2.45) is 0 Å². The molecular weight excluding hydrogens is 431 g/mol. The summed E-state index contributed by atoms with van der Waals surface area (Å²) in [6.07, 6.45) is -4.56. The quantitative estimate of drug-likeness (QED) is 0.465. The number of halogens is 3. The van der Waals surface area contributed by atoms with Crippen molar-refractivity contribution in [1.82, 2.24) is 19.8 Å². The number of piperazine rings is 1. The zero-order chi connectivity index (χ0) is 22.6. The Morgan fingerprint density at radius 3 is 2.45 bits per heavy atom. The average Bonchev–Trinajstić information content (AvgIpc) is 3.21. The van der Waals surface area contributed by atoms with Crippen LogP contribution in [0.2, 0.25) is 0 Å². The molecule has 0 atom stereocenters. The van der Waals surface area contributed by atoms with Crippen LogP contribution in [-0.2, 0) is 11.9 Å². The van der Waals surface area contributed by atoms with Gasteiger partial charge < -0.3 is 19.1 Å². The lowest BCUT2D eigenvalue weighted by atomic mass is 10.3. The first kappa shape index (κ1) is 23.4. The smallest absolute Gasteiger partial charge is 0.433 e. The van der Waals surface area contributed by atoms with Gasteiger partial charge in [0.1, 0.15) is 11.6 Å². The third-order valence-electron chi connectivity index (χ3n) is 5.08. The Morgan fingerprint density at radius 1 is 1.16 bits per heavy atom. The zero-order valence-corrected chi connectivity index (χ0v) is 18.6. The third-order valence-corrected chi connectivity index (χ3v) is 5.95. The molecule has 0 spiro atoms. The van der Waals surface area contributed by atoms with Crippen molar-refractivity contribution in [3.63, 3.8) is 0 Å². The van der Waals surface area contributed by atoms with Gasteiger partial charge in [-0.3, -0.25) is 4.79 Å². The van der Waals surface area contributed by atoms with Crippen LogP contribution in [0.1, 0.15) is 35.9 Å². The van der Waals surface area contributed by atoms with Crippen molar-refractivity contribution in [3.8, 4) is 0 Å². The highest BCUT2D eigenvalue weighted by molar-refractivity contribution is 7.98. The van der Waals surface area contributed by atoms with Crippen molar-refractivity contribution in [2.45, 2.75) is 30.9 Å². The van der Waals surface area contributed by atoms with Crippen LogP contribution in [0.5, 0.6) is 0 Å². The minimum Gasteiger partial charge on any atom is -0.455 e. The lowest BCUT2D eigenvalue weighted by Gasteiger charge is -2.31. The van der Waals surface area contributed by atoms with Crippen LogP contribution in [0.4, 0.5) is 19.0 Å². The third kappa shape index (κ3) is 5.91. The van der Waals surface area contributed by atoms with E-state index in [2.05, 4.69) is 14.9 Å². The van der Waals surface area contributed by atoms with E-state index in [4.69, 9.17) is 4.42 Å². The van der Waals surface area contributed by atoms with E-state index in [-0.39, 0.29) is 28.4 Å². The van der Waals surface area contributed by atoms with Gasteiger partial charge in [0.05, 0.1) is 5.75 Å². The van der Waals surface area contributed by atoms with E-state index in [1.807, 2.05) is 20.9 Å². The first-order chi connectivity index (χ1) is 14.7. The molecule has 0 aliphatic carbocycles. The van der Waals surface area contributed by atoms with Crippen LogP contribution < -0.4 is 4.90 Å². The molecule has 31 heavy (non-hydrogen) atoms. The molecule has 1 aliphatic rings. The molecule has 3 heterocycles. The van der Waals surface area contributed by atoms with E-state index in [0.29, 0.717) is 31.9 Å². The summed E-state index contributed by atoms with van der Waals surface area (Å²) in [4.78, 5) is 26.2. The van der Waals surface area contributed by atoms with Crippen LogP contribution in [0, 0.1) is 0 Å². The number of likely N-dealkylation sites (N-methyl/N-ethyl adjacent to an activating group) is 1. The topological polar surface area (TPSA) is 65.7 Å². The number of furan rings is 1. The number of carbonyl (C=O) groups excluding carboxylic acids is 1. The monoisotopic (exact) mass is 457 g/mol. The minimum atomic E-state index is -4.56. The normalized spacial score (nSPS) is 15.4. The fourth-order valence-corrected chi connectivity index (χ4v) is 3.95. The Labute approximate surface area is 183 Å². The number of anilines is 1. The van der Waals surface area contributed by atoms with Crippen LogP contribution in [-0.4, -0.2) is 72.0 Å². The van der Waals surface area contributed by atoms with Crippen molar-refractivity contribution in [1.29, 1.82) is 0 Å². The number of aromatic nitrogens is 2. The molecule has 0 saturated carbocycles. The number of amides is 1. The number of nitrogens with zero attached hydrogens (tertiary/aromatic N) is 5. The summed E-state index contributed by atoms with van der Waals surface area (Å²) in [7, 11) is 2.01. The molecule has 0 aromatic carbocycles. The van der Waals surface area contributed by atoms with Crippen molar-refractivity contribution >= 4 is 23.5 Å². The standard InChI is InChI=1S/C20H26F3N5O2S/c1-4-27(5-2)17-12-16(20(21,22)23)24-19(25-17)31-13-14-6-7-15(30-14)18(29)28-10-8-26(3)9-11-28/h6-7,12H,4-5,8-11,13H2,1-3H3. The minimum absolute atomic E-state index is 0.0140. The Balaban J connectivity index is 1.71. The van der Waals surface area contributed by atoms with Gasteiger partial charge in [0.15, 0.2) is 16.6 Å². The van der Waals surface area contributed by atoms with Gasteiger partial charge in [-0.25, -0.2) is 9.97 Å². The number of alkyl halides is 3. The van der Waals surface area contributed by atoms with Crippen LogP contribution in [0.15, 0.2) is 27.8 Å². The average molecular weight is 458 g/mol. The van der Waals surface area contributed by atoms with E-state index >= 15 is 0 Å². The Morgan fingerprint density at radius 2 is 1.84 bits per heavy atom. The van der Waals surface area contributed by atoms with Crippen molar-refractivity contribution in [2.75, 3.05) is 51.2 Å². The first-order valence-electron chi connectivity index (χ1n) is 10.1. The Bertz CT molecular complexity index is 893. The van der Waals surface area contributed by atoms with Gasteiger partial charge >= 0.3 is 6.18 Å². The largest absolute Gasteiger partial charge is 0.455 e. The van der Waals surface area contributed by atoms with E-state index in [0.717, 1.165) is 30.9 Å². The molecule has 2 aromatic rings. The second kappa shape index (κ2) is 9.90. The number of hydrogen-bond donors (Lipinski definition) is 0. The number of carbonyl (C=O) groups is 1. The predicted molar refractivity (Wildman–Crippen MR) is 112 cm³/mol. The zero-order valence-electron chi connectivity index (χ0n) is 17.8. The molecule has 7 nitrogen and oxygen atoms in total. The van der Waals surface area contributed by atoms with E-state index < -0.39 is 11.9 Å². The highest BCUT2D eigenvalue weighted by atomic mass is 32.2. The molecule has 1 fully saturated rings. The van der Waals surface area contributed by atoms with Crippen LogP contribution in [0.25, 0.3) is 0 Å². The highest BCUT2D eigenvalue weighted by Crippen LogP contribution is 2.32. The molecule has 1 amide bonds. The van der Waals surface area contributed by atoms with Crippen molar-refractivity contribution in [3.05, 3.63) is 35.4 Å². The summed E-state index contributed by atoms with van der Waals surface area (Å²) >= 11 is 1.04. The van der Waals surface area contributed by atoms with Gasteiger partial charge in [-0.05, 0) is 33.0 Å².